The number of para-hydroxylation sites is 1. The molecule has 2 N–H and O–H groups in total. The van der Waals surface area contributed by atoms with E-state index >= 15 is 0 Å². The van der Waals surface area contributed by atoms with E-state index < -0.39 is 0 Å². The Labute approximate surface area is 118 Å². The molecule has 1 saturated carbocycles. The first-order valence-corrected chi connectivity index (χ1v) is 6.98. The van der Waals surface area contributed by atoms with E-state index in [2.05, 4.69) is 5.32 Å². The van der Waals surface area contributed by atoms with Crippen LogP contribution in [0.2, 0.25) is 0 Å². The summed E-state index contributed by atoms with van der Waals surface area (Å²) in [5.41, 5.74) is 2.01. The highest BCUT2D eigenvalue weighted by Gasteiger charge is 2.29. The maximum absolute atomic E-state index is 13.2. The smallest absolute Gasteiger partial charge is 0.123 e. The molecule has 1 aliphatic carbocycles. The lowest BCUT2D eigenvalue weighted by atomic mass is 9.76. The highest BCUT2D eigenvalue weighted by Crippen LogP contribution is 2.37. The monoisotopic (exact) mass is 271 g/mol. The van der Waals surface area contributed by atoms with Crippen molar-refractivity contribution in [3.63, 3.8) is 0 Å². The molecule has 1 aliphatic rings. The highest BCUT2D eigenvalue weighted by molar-refractivity contribution is 5.31. The molecular formula is C17H18FNO. The zero-order chi connectivity index (χ0) is 13.9. The second kappa shape index (κ2) is 5.63. The predicted octanol–water partition coefficient (Wildman–Crippen LogP) is 3.57. The van der Waals surface area contributed by atoms with Crippen LogP contribution in [0.15, 0.2) is 48.5 Å². The molecule has 1 fully saturated rings. The first kappa shape index (κ1) is 13.1. The minimum absolute atomic E-state index is 0.159. The Morgan fingerprint density at radius 1 is 1.10 bits per heavy atom. The molecule has 0 aromatic heterocycles. The van der Waals surface area contributed by atoms with Gasteiger partial charge in [0.05, 0.1) is 0 Å². The molecule has 3 rings (SSSR count). The number of aromatic hydroxyl groups is 1. The standard InChI is InChI=1S/C17H18FNO/c18-15-6-3-5-12(8-15)14-9-16(10-14)19-11-13-4-1-2-7-17(13)20/h1-8,14,16,19-20H,9-11H2. The molecule has 0 heterocycles. The number of benzene rings is 2. The van der Waals surface area contributed by atoms with E-state index in [4.69, 9.17) is 0 Å². The zero-order valence-electron chi connectivity index (χ0n) is 11.2. The van der Waals surface area contributed by atoms with Gasteiger partial charge in [-0.25, -0.2) is 4.39 Å². The predicted molar refractivity (Wildman–Crippen MR) is 77.1 cm³/mol. The van der Waals surface area contributed by atoms with Gasteiger partial charge in [0.15, 0.2) is 0 Å². The van der Waals surface area contributed by atoms with Gasteiger partial charge in [0, 0.05) is 18.2 Å². The molecule has 0 saturated heterocycles. The summed E-state index contributed by atoms with van der Waals surface area (Å²) in [5, 5.41) is 13.1. The summed E-state index contributed by atoms with van der Waals surface area (Å²) < 4.78 is 13.2. The molecule has 2 aromatic rings. The van der Waals surface area contributed by atoms with Crippen molar-refractivity contribution in [1.82, 2.24) is 5.32 Å². The number of phenolic OH excluding ortho intramolecular Hbond substituents is 1. The molecule has 2 aromatic carbocycles. The van der Waals surface area contributed by atoms with Gasteiger partial charge >= 0.3 is 0 Å². The maximum Gasteiger partial charge on any atom is 0.123 e. The second-order valence-electron chi connectivity index (χ2n) is 5.43. The van der Waals surface area contributed by atoms with Gasteiger partial charge in [-0.3, -0.25) is 0 Å². The van der Waals surface area contributed by atoms with Gasteiger partial charge in [-0.2, -0.15) is 0 Å². The van der Waals surface area contributed by atoms with Gasteiger partial charge in [-0.1, -0.05) is 30.3 Å². The Hall–Kier alpha value is -1.87. The van der Waals surface area contributed by atoms with Gasteiger partial charge < -0.3 is 10.4 Å². The van der Waals surface area contributed by atoms with Gasteiger partial charge in [-0.15, -0.1) is 0 Å². The van der Waals surface area contributed by atoms with E-state index in [0.29, 0.717) is 24.3 Å². The first-order chi connectivity index (χ1) is 9.72. The van der Waals surface area contributed by atoms with Gasteiger partial charge in [0.25, 0.3) is 0 Å². The van der Waals surface area contributed by atoms with E-state index in [-0.39, 0.29) is 5.82 Å². The van der Waals surface area contributed by atoms with Crippen molar-refractivity contribution in [2.75, 3.05) is 0 Å². The molecular weight excluding hydrogens is 253 g/mol. The van der Waals surface area contributed by atoms with Crippen molar-refractivity contribution in [2.45, 2.75) is 31.3 Å². The number of nitrogens with one attached hydrogen (secondary N) is 1. The number of phenols is 1. The van der Waals surface area contributed by atoms with Crippen LogP contribution < -0.4 is 5.32 Å². The average Bonchev–Trinajstić information content (AvgIpc) is 2.39. The van der Waals surface area contributed by atoms with Crippen molar-refractivity contribution >= 4 is 0 Å². The Morgan fingerprint density at radius 2 is 1.90 bits per heavy atom. The third-order valence-electron chi connectivity index (χ3n) is 4.03. The van der Waals surface area contributed by atoms with E-state index in [0.717, 1.165) is 24.0 Å². The summed E-state index contributed by atoms with van der Waals surface area (Å²) in [6.07, 6.45) is 2.05. The second-order valence-corrected chi connectivity index (χ2v) is 5.43. The summed E-state index contributed by atoms with van der Waals surface area (Å²) >= 11 is 0. The van der Waals surface area contributed by atoms with Crippen molar-refractivity contribution in [1.29, 1.82) is 0 Å². The molecule has 20 heavy (non-hydrogen) atoms. The largest absolute Gasteiger partial charge is 0.508 e. The highest BCUT2D eigenvalue weighted by atomic mass is 19.1. The molecule has 2 nitrogen and oxygen atoms in total. The van der Waals surface area contributed by atoms with Crippen LogP contribution in [0, 0.1) is 5.82 Å². The lowest BCUT2D eigenvalue weighted by Crippen LogP contribution is -2.39. The van der Waals surface area contributed by atoms with E-state index in [1.807, 2.05) is 24.3 Å². The van der Waals surface area contributed by atoms with Gasteiger partial charge in [-0.05, 0) is 42.5 Å². The Balaban J connectivity index is 1.50. The molecule has 0 unspecified atom stereocenters. The Kier molecular flexibility index (Phi) is 3.70. The molecule has 104 valence electrons. The van der Waals surface area contributed by atoms with Crippen molar-refractivity contribution in [2.24, 2.45) is 0 Å². The number of hydrogen-bond acceptors (Lipinski definition) is 2. The number of hydrogen-bond donors (Lipinski definition) is 2. The summed E-state index contributed by atoms with van der Waals surface area (Å²) in [7, 11) is 0. The SMILES string of the molecule is Oc1ccccc1CNC1CC(c2cccc(F)c2)C1. The van der Waals surface area contributed by atoms with Crippen LogP contribution in [0.4, 0.5) is 4.39 Å². The van der Waals surface area contributed by atoms with Crippen molar-refractivity contribution in [3.8, 4) is 5.75 Å². The zero-order valence-corrected chi connectivity index (χ0v) is 11.2. The lowest BCUT2D eigenvalue weighted by Gasteiger charge is -2.36. The van der Waals surface area contributed by atoms with Gasteiger partial charge in [0.1, 0.15) is 11.6 Å². The van der Waals surface area contributed by atoms with Crippen LogP contribution >= 0.6 is 0 Å². The molecule has 0 radical (unpaired) electrons. The molecule has 0 spiro atoms. The number of halogens is 1. The quantitative estimate of drug-likeness (QED) is 0.891. The van der Waals surface area contributed by atoms with Gasteiger partial charge in [0.2, 0.25) is 0 Å². The van der Waals surface area contributed by atoms with Crippen LogP contribution in [-0.4, -0.2) is 11.1 Å². The van der Waals surface area contributed by atoms with E-state index in [9.17, 15) is 9.50 Å². The molecule has 0 aliphatic heterocycles. The third kappa shape index (κ3) is 2.83. The van der Waals surface area contributed by atoms with Crippen LogP contribution in [0.1, 0.15) is 29.9 Å². The van der Waals surface area contributed by atoms with Crippen molar-refractivity contribution < 1.29 is 9.50 Å². The minimum atomic E-state index is -0.159. The molecule has 0 amide bonds. The first-order valence-electron chi connectivity index (χ1n) is 6.98. The molecule has 0 atom stereocenters. The summed E-state index contributed by atoms with van der Waals surface area (Å²) in [6, 6.07) is 14.7. The third-order valence-corrected chi connectivity index (χ3v) is 4.03. The van der Waals surface area contributed by atoms with Crippen LogP contribution in [0.5, 0.6) is 5.75 Å². The summed E-state index contributed by atoms with van der Waals surface area (Å²) in [4.78, 5) is 0. The maximum atomic E-state index is 13.2. The summed E-state index contributed by atoms with van der Waals surface area (Å²) in [5.74, 6) is 0.627. The average molecular weight is 271 g/mol. The van der Waals surface area contributed by atoms with Crippen LogP contribution in [0.25, 0.3) is 0 Å². The van der Waals surface area contributed by atoms with E-state index in [1.165, 1.54) is 6.07 Å². The number of rotatable bonds is 4. The minimum Gasteiger partial charge on any atom is -0.508 e. The van der Waals surface area contributed by atoms with Crippen molar-refractivity contribution in [3.05, 3.63) is 65.5 Å². The van der Waals surface area contributed by atoms with Crippen LogP contribution in [0.3, 0.4) is 0 Å². The normalized spacial score (nSPS) is 21.4. The fourth-order valence-electron chi connectivity index (χ4n) is 2.73. The fourth-order valence-corrected chi connectivity index (χ4v) is 2.73. The lowest BCUT2D eigenvalue weighted by molar-refractivity contribution is 0.287. The van der Waals surface area contributed by atoms with Crippen LogP contribution in [-0.2, 0) is 6.54 Å². The summed E-state index contributed by atoms with van der Waals surface area (Å²) in [6.45, 7) is 0.674. The van der Waals surface area contributed by atoms with E-state index in [1.54, 1.807) is 18.2 Å². The Bertz CT molecular complexity index is 593. The molecule has 3 heteroatoms. The Morgan fingerprint density at radius 3 is 2.65 bits per heavy atom. The topological polar surface area (TPSA) is 32.3 Å². The fraction of sp³-hybridized carbons (Fsp3) is 0.294. The molecule has 0 bridgehead atoms.